The van der Waals surface area contributed by atoms with Gasteiger partial charge in [-0.1, -0.05) is 32.4 Å². The summed E-state index contributed by atoms with van der Waals surface area (Å²) in [4.78, 5) is 16.5. The summed E-state index contributed by atoms with van der Waals surface area (Å²) in [5.41, 5.74) is 1.46. The molecule has 3 nitrogen and oxygen atoms in total. The van der Waals surface area contributed by atoms with E-state index in [-0.39, 0.29) is 5.41 Å². The summed E-state index contributed by atoms with van der Waals surface area (Å²) in [6.07, 6.45) is 2.91. The Morgan fingerprint density at radius 2 is 1.67 bits per heavy atom. The highest BCUT2D eigenvalue weighted by molar-refractivity contribution is 5.76. The first-order chi connectivity index (χ1) is 8.28. The van der Waals surface area contributed by atoms with E-state index >= 15 is 0 Å². The van der Waals surface area contributed by atoms with Gasteiger partial charge in [-0.2, -0.15) is 0 Å². The molecule has 1 saturated heterocycles. The van der Waals surface area contributed by atoms with Crippen LogP contribution < -0.4 is 0 Å². The number of rotatable bonds is 3. The average Bonchev–Trinajstić information content (AvgIpc) is 2.24. The van der Waals surface area contributed by atoms with Gasteiger partial charge in [0.2, 0.25) is 5.91 Å². The molecular formula is C15H28N2O. The van der Waals surface area contributed by atoms with Crippen LogP contribution in [0, 0.1) is 5.41 Å². The Morgan fingerprint density at radius 1 is 1.11 bits per heavy atom. The molecule has 0 aromatic heterocycles. The Kier molecular flexibility index (Phi) is 5.39. The van der Waals surface area contributed by atoms with Crippen molar-refractivity contribution in [3.05, 3.63) is 11.6 Å². The van der Waals surface area contributed by atoms with Crippen molar-refractivity contribution >= 4 is 5.91 Å². The second kappa shape index (κ2) is 6.37. The number of carbonyl (C=O) groups is 1. The fourth-order valence-corrected chi connectivity index (χ4v) is 2.06. The molecule has 0 bridgehead atoms. The predicted octanol–water partition coefficient (Wildman–Crippen LogP) is 2.53. The quantitative estimate of drug-likeness (QED) is 0.721. The molecule has 0 N–H and O–H groups in total. The van der Waals surface area contributed by atoms with Gasteiger partial charge in [-0.25, -0.2) is 0 Å². The topological polar surface area (TPSA) is 23.6 Å². The van der Waals surface area contributed by atoms with E-state index in [2.05, 4.69) is 45.6 Å². The molecule has 1 amide bonds. The largest absolute Gasteiger partial charge is 0.340 e. The van der Waals surface area contributed by atoms with Crippen LogP contribution in [-0.4, -0.2) is 48.4 Å². The van der Waals surface area contributed by atoms with Gasteiger partial charge < -0.3 is 4.90 Å². The minimum Gasteiger partial charge on any atom is -0.340 e. The van der Waals surface area contributed by atoms with Crippen LogP contribution in [0.15, 0.2) is 11.6 Å². The molecule has 1 heterocycles. The molecular weight excluding hydrogens is 224 g/mol. The minimum absolute atomic E-state index is 0.0935. The molecule has 0 saturated carbocycles. The van der Waals surface area contributed by atoms with Crippen molar-refractivity contribution in [2.45, 2.75) is 41.0 Å². The molecule has 18 heavy (non-hydrogen) atoms. The zero-order valence-electron chi connectivity index (χ0n) is 12.6. The standard InChI is InChI=1S/C15H28N2O/c1-13(2)6-7-16-8-10-17(11-9-16)14(18)12-15(3,4)5/h6H,7-12H2,1-5H3. The van der Waals surface area contributed by atoms with Gasteiger partial charge in [0.15, 0.2) is 0 Å². The van der Waals surface area contributed by atoms with Crippen LogP contribution >= 0.6 is 0 Å². The molecule has 1 aliphatic heterocycles. The third kappa shape index (κ3) is 5.67. The highest BCUT2D eigenvalue weighted by Crippen LogP contribution is 2.20. The van der Waals surface area contributed by atoms with Crippen LogP contribution in [0.1, 0.15) is 41.0 Å². The van der Waals surface area contributed by atoms with E-state index in [0.717, 1.165) is 32.7 Å². The molecule has 0 unspecified atom stereocenters. The van der Waals surface area contributed by atoms with Gasteiger partial charge in [0.25, 0.3) is 0 Å². The number of piperazine rings is 1. The summed E-state index contributed by atoms with van der Waals surface area (Å²) in [5, 5.41) is 0. The highest BCUT2D eigenvalue weighted by atomic mass is 16.2. The van der Waals surface area contributed by atoms with E-state index in [1.54, 1.807) is 0 Å². The average molecular weight is 252 g/mol. The van der Waals surface area contributed by atoms with Crippen molar-refractivity contribution in [2.24, 2.45) is 5.41 Å². The maximum atomic E-state index is 12.1. The number of hydrogen-bond donors (Lipinski definition) is 0. The molecule has 1 fully saturated rings. The Hall–Kier alpha value is -0.830. The van der Waals surface area contributed by atoms with Gasteiger partial charge in [0, 0.05) is 39.1 Å². The van der Waals surface area contributed by atoms with Gasteiger partial charge in [-0.05, 0) is 19.3 Å². The summed E-state index contributed by atoms with van der Waals surface area (Å²) >= 11 is 0. The number of allylic oxidation sites excluding steroid dienone is 1. The maximum Gasteiger partial charge on any atom is 0.223 e. The van der Waals surface area contributed by atoms with E-state index in [9.17, 15) is 4.79 Å². The van der Waals surface area contributed by atoms with E-state index in [4.69, 9.17) is 0 Å². The molecule has 0 aliphatic carbocycles. The van der Waals surface area contributed by atoms with Gasteiger partial charge in [-0.15, -0.1) is 0 Å². The molecule has 0 radical (unpaired) electrons. The first kappa shape index (κ1) is 15.2. The van der Waals surface area contributed by atoms with Gasteiger partial charge in [0.05, 0.1) is 0 Å². The zero-order valence-corrected chi connectivity index (χ0v) is 12.6. The lowest BCUT2D eigenvalue weighted by molar-refractivity contribution is -0.134. The van der Waals surface area contributed by atoms with Gasteiger partial charge >= 0.3 is 0 Å². The van der Waals surface area contributed by atoms with Crippen LogP contribution in [0.25, 0.3) is 0 Å². The van der Waals surface area contributed by atoms with Gasteiger partial charge in [0.1, 0.15) is 0 Å². The summed E-state index contributed by atoms with van der Waals surface area (Å²) in [6, 6.07) is 0. The zero-order chi connectivity index (χ0) is 13.8. The van der Waals surface area contributed by atoms with Crippen LogP contribution in [0.4, 0.5) is 0 Å². The molecule has 0 aromatic rings. The first-order valence-electron chi connectivity index (χ1n) is 6.91. The number of hydrogen-bond acceptors (Lipinski definition) is 2. The van der Waals surface area contributed by atoms with E-state index < -0.39 is 0 Å². The van der Waals surface area contributed by atoms with Crippen molar-refractivity contribution < 1.29 is 4.79 Å². The van der Waals surface area contributed by atoms with Gasteiger partial charge in [-0.3, -0.25) is 9.69 Å². The number of amides is 1. The summed E-state index contributed by atoms with van der Waals surface area (Å²) in [5.74, 6) is 0.310. The summed E-state index contributed by atoms with van der Waals surface area (Å²) < 4.78 is 0. The van der Waals surface area contributed by atoms with Crippen molar-refractivity contribution in [3.8, 4) is 0 Å². The third-order valence-corrected chi connectivity index (χ3v) is 3.16. The molecule has 3 heteroatoms. The summed E-state index contributed by atoms with van der Waals surface area (Å²) in [6.45, 7) is 15.4. The Bertz CT molecular complexity index is 303. The highest BCUT2D eigenvalue weighted by Gasteiger charge is 2.24. The summed E-state index contributed by atoms with van der Waals surface area (Å²) in [7, 11) is 0. The molecule has 1 rings (SSSR count). The van der Waals surface area contributed by atoms with Crippen molar-refractivity contribution in [3.63, 3.8) is 0 Å². The van der Waals surface area contributed by atoms with Crippen LogP contribution in [0.3, 0.4) is 0 Å². The molecule has 104 valence electrons. The SMILES string of the molecule is CC(C)=CCN1CCN(C(=O)CC(C)(C)C)CC1. The van der Waals surface area contributed by atoms with E-state index in [1.807, 2.05) is 4.90 Å². The van der Waals surface area contributed by atoms with E-state index in [0.29, 0.717) is 12.3 Å². The van der Waals surface area contributed by atoms with E-state index in [1.165, 1.54) is 5.57 Å². The molecule has 1 aliphatic rings. The van der Waals surface area contributed by atoms with Crippen LogP contribution in [-0.2, 0) is 4.79 Å². The number of carbonyl (C=O) groups excluding carboxylic acids is 1. The Labute approximate surface area is 112 Å². The van der Waals surface area contributed by atoms with Crippen molar-refractivity contribution in [1.82, 2.24) is 9.80 Å². The Morgan fingerprint density at radius 3 is 2.11 bits per heavy atom. The lowest BCUT2D eigenvalue weighted by Crippen LogP contribution is -2.49. The fourth-order valence-electron chi connectivity index (χ4n) is 2.06. The predicted molar refractivity (Wildman–Crippen MR) is 76.5 cm³/mol. The third-order valence-electron chi connectivity index (χ3n) is 3.16. The lowest BCUT2D eigenvalue weighted by Gasteiger charge is -2.35. The second-order valence-electron chi connectivity index (χ2n) is 6.70. The lowest BCUT2D eigenvalue weighted by atomic mass is 9.91. The normalized spacial score (nSPS) is 17.7. The van der Waals surface area contributed by atoms with Crippen LogP contribution in [0.2, 0.25) is 0 Å². The first-order valence-corrected chi connectivity index (χ1v) is 6.91. The molecule has 0 atom stereocenters. The van der Waals surface area contributed by atoms with Crippen molar-refractivity contribution in [1.29, 1.82) is 0 Å². The second-order valence-corrected chi connectivity index (χ2v) is 6.70. The Balaban J connectivity index is 2.35. The minimum atomic E-state index is 0.0935. The van der Waals surface area contributed by atoms with Crippen molar-refractivity contribution in [2.75, 3.05) is 32.7 Å². The van der Waals surface area contributed by atoms with Crippen LogP contribution in [0.5, 0.6) is 0 Å². The smallest absolute Gasteiger partial charge is 0.223 e. The molecule has 0 aromatic carbocycles. The fraction of sp³-hybridized carbons (Fsp3) is 0.800. The molecule has 0 spiro atoms. The number of nitrogens with zero attached hydrogens (tertiary/aromatic N) is 2. The monoisotopic (exact) mass is 252 g/mol. The maximum absolute atomic E-state index is 12.1.